The summed E-state index contributed by atoms with van der Waals surface area (Å²) in [7, 11) is 1.35. The van der Waals surface area contributed by atoms with Crippen molar-refractivity contribution in [3.8, 4) is 5.75 Å². The second-order valence-corrected chi connectivity index (χ2v) is 5.87. The van der Waals surface area contributed by atoms with Crippen molar-refractivity contribution in [2.24, 2.45) is 4.99 Å². The molecule has 0 bridgehead atoms. The number of anilines is 1. The van der Waals surface area contributed by atoms with E-state index in [0.29, 0.717) is 10.0 Å². The maximum absolute atomic E-state index is 12.8. The van der Waals surface area contributed by atoms with E-state index in [1.165, 1.54) is 19.2 Å². The highest BCUT2D eigenvalue weighted by molar-refractivity contribution is 9.10. The summed E-state index contributed by atoms with van der Waals surface area (Å²) in [6.07, 6.45) is -8.57. The highest BCUT2D eigenvalue weighted by atomic mass is 79.9. The summed E-state index contributed by atoms with van der Waals surface area (Å²) >= 11 is 3.32. The Bertz CT molecular complexity index is 829. The first-order valence-corrected chi connectivity index (χ1v) is 8.16. The Hall–Kier alpha value is -2.62. The number of hydrogen-bond acceptors (Lipinski definition) is 3. The van der Waals surface area contributed by atoms with E-state index in [2.05, 4.69) is 31.0 Å². The molecule has 0 aliphatic heterocycles. The topological polar surface area (TPSA) is 59.9 Å². The molecular formula is C17H13BrF4N2O3. The standard InChI is InChI=1S/C17H13BrF4N2O3/c1-26-14(12-4-2-3-5-13(12)18)24-16(25)23-10-6-8-11(9-7-10)27-17(21,22)15(19)20/h2-9,15H,1H3,(H,23,25). The largest absolute Gasteiger partial charge is 0.480 e. The van der Waals surface area contributed by atoms with Crippen LogP contribution in [0.5, 0.6) is 5.75 Å². The van der Waals surface area contributed by atoms with Gasteiger partial charge in [0.15, 0.2) is 0 Å². The third-order valence-electron chi connectivity index (χ3n) is 3.11. The number of carbonyl (C=O) groups excluding carboxylic acids is 1. The average Bonchev–Trinajstić information content (AvgIpc) is 2.61. The van der Waals surface area contributed by atoms with Crippen molar-refractivity contribution in [2.45, 2.75) is 12.5 Å². The molecule has 2 aromatic rings. The average molecular weight is 449 g/mol. The number of methoxy groups -OCH3 is 1. The molecule has 2 rings (SSSR count). The summed E-state index contributed by atoms with van der Waals surface area (Å²) in [6, 6.07) is 10.6. The number of alkyl halides is 4. The molecule has 0 aliphatic rings. The third kappa shape index (κ3) is 5.68. The Kier molecular flexibility index (Phi) is 6.78. The van der Waals surface area contributed by atoms with Gasteiger partial charge in [0.05, 0.1) is 12.7 Å². The van der Waals surface area contributed by atoms with Crippen LogP contribution in [0.4, 0.5) is 28.0 Å². The molecule has 0 unspecified atom stereocenters. The highest BCUT2D eigenvalue weighted by Crippen LogP contribution is 2.28. The highest BCUT2D eigenvalue weighted by Gasteiger charge is 2.43. The lowest BCUT2D eigenvalue weighted by Crippen LogP contribution is -2.33. The predicted octanol–water partition coefficient (Wildman–Crippen LogP) is 5.31. The normalized spacial score (nSPS) is 12.0. The van der Waals surface area contributed by atoms with Crippen LogP contribution in [0.3, 0.4) is 0 Å². The van der Waals surface area contributed by atoms with Crippen molar-refractivity contribution in [1.29, 1.82) is 0 Å². The van der Waals surface area contributed by atoms with Gasteiger partial charge in [-0.1, -0.05) is 12.1 Å². The van der Waals surface area contributed by atoms with Crippen molar-refractivity contribution >= 4 is 33.5 Å². The zero-order valence-electron chi connectivity index (χ0n) is 13.8. The van der Waals surface area contributed by atoms with E-state index in [0.717, 1.165) is 12.1 Å². The van der Waals surface area contributed by atoms with Gasteiger partial charge in [0, 0.05) is 10.2 Å². The van der Waals surface area contributed by atoms with Gasteiger partial charge in [-0.3, -0.25) is 0 Å². The first kappa shape index (κ1) is 20.7. The van der Waals surface area contributed by atoms with Crippen molar-refractivity contribution in [3.63, 3.8) is 0 Å². The smallest absolute Gasteiger partial charge is 0.461 e. The van der Waals surface area contributed by atoms with Crippen LogP contribution < -0.4 is 10.1 Å². The zero-order valence-corrected chi connectivity index (χ0v) is 15.3. The summed E-state index contributed by atoms with van der Waals surface area (Å²) in [5.41, 5.74) is 0.743. The molecule has 144 valence electrons. The van der Waals surface area contributed by atoms with Gasteiger partial charge >= 0.3 is 18.6 Å². The molecule has 0 atom stereocenters. The van der Waals surface area contributed by atoms with Crippen molar-refractivity contribution < 1.29 is 31.8 Å². The Balaban J connectivity index is 2.08. The molecule has 0 saturated carbocycles. The number of carbonyl (C=O) groups is 1. The van der Waals surface area contributed by atoms with Gasteiger partial charge in [0.2, 0.25) is 5.90 Å². The summed E-state index contributed by atoms with van der Waals surface area (Å²) < 4.78 is 59.6. The number of amides is 2. The fourth-order valence-corrected chi connectivity index (χ4v) is 2.36. The molecule has 0 heterocycles. The van der Waals surface area contributed by atoms with Gasteiger partial charge in [-0.15, -0.1) is 0 Å². The molecule has 0 aliphatic carbocycles. The van der Waals surface area contributed by atoms with Gasteiger partial charge in [-0.2, -0.15) is 22.6 Å². The number of nitrogens with one attached hydrogen (secondary N) is 1. The minimum Gasteiger partial charge on any atom is -0.480 e. The molecular weight excluding hydrogens is 436 g/mol. The van der Waals surface area contributed by atoms with E-state index >= 15 is 0 Å². The molecule has 0 radical (unpaired) electrons. The van der Waals surface area contributed by atoms with E-state index in [4.69, 9.17) is 4.74 Å². The van der Waals surface area contributed by atoms with Gasteiger partial charge in [0.25, 0.3) is 0 Å². The number of hydrogen-bond donors (Lipinski definition) is 1. The predicted molar refractivity (Wildman–Crippen MR) is 94.7 cm³/mol. The molecule has 0 saturated heterocycles. The van der Waals surface area contributed by atoms with E-state index in [1.807, 2.05) is 0 Å². The second-order valence-electron chi connectivity index (χ2n) is 5.02. The van der Waals surface area contributed by atoms with Crippen molar-refractivity contribution in [3.05, 3.63) is 58.6 Å². The SMILES string of the molecule is COC(=NC(=O)Nc1ccc(OC(F)(F)C(F)F)cc1)c1ccccc1Br. The summed E-state index contributed by atoms with van der Waals surface area (Å²) in [5.74, 6) is -0.427. The molecule has 0 aromatic heterocycles. The van der Waals surface area contributed by atoms with Gasteiger partial charge in [-0.05, 0) is 52.3 Å². The third-order valence-corrected chi connectivity index (χ3v) is 3.81. The number of nitrogens with zero attached hydrogens (tertiary/aromatic N) is 1. The molecule has 5 nitrogen and oxygen atoms in total. The molecule has 27 heavy (non-hydrogen) atoms. The minimum atomic E-state index is -4.61. The van der Waals surface area contributed by atoms with E-state index in [-0.39, 0.29) is 11.6 Å². The van der Waals surface area contributed by atoms with Crippen LogP contribution >= 0.6 is 15.9 Å². The molecule has 0 fully saturated rings. The summed E-state index contributed by atoms with van der Waals surface area (Å²) in [5, 5.41) is 2.40. The lowest BCUT2D eigenvalue weighted by molar-refractivity contribution is -0.253. The van der Waals surface area contributed by atoms with Crippen LogP contribution in [-0.4, -0.2) is 31.6 Å². The quantitative estimate of drug-likeness (QED) is 0.383. The number of rotatable bonds is 5. The van der Waals surface area contributed by atoms with Crippen LogP contribution in [0.1, 0.15) is 5.56 Å². The van der Waals surface area contributed by atoms with Crippen LogP contribution in [-0.2, 0) is 4.74 Å². The van der Waals surface area contributed by atoms with Gasteiger partial charge < -0.3 is 14.8 Å². The first-order chi connectivity index (χ1) is 12.7. The zero-order chi connectivity index (χ0) is 20.0. The molecule has 2 amide bonds. The molecule has 10 heteroatoms. The Labute approximate surface area is 160 Å². The van der Waals surface area contributed by atoms with Gasteiger partial charge in [0.1, 0.15) is 5.75 Å². The Morgan fingerprint density at radius 2 is 1.78 bits per heavy atom. The number of urea groups is 1. The lowest BCUT2D eigenvalue weighted by Gasteiger charge is -2.16. The number of halogens is 5. The van der Waals surface area contributed by atoms with Crippen LogP contribution in [0.2, 0.25) is 0 Å². The maximum atomic E-state index is 12.8. The minimum absolute atomic E-state index is 0.0523. The van der Waals surface area contributed by atoms with Crippen LogP contribution in [0, 0.1) is 0 Å². The first-order valence-electron chi connectivity index (χ1n) is 7.36. The number of aliphatic imine (C=N–C) groups is 1. The number of ether oxygens (including phenoxy) is 2. The Morgan fingerprint density at radius 3 is 2.33 bits per heavy atom. The van der Waals surface area contributed by atoms with E-state index < -0.39 is 24.3 Å². The maximum Gasteiger partial charge on any atom is 0.461 e. The van der Waals surface area contributed by atoms with Crippen LogP contribution in [0.15, 0.2) is 58.0 Å². The summed E-state index contributed by atoms with van der Waals surface area (Å²) in [4.78, 5) is 15.8. The molecule has 0 spiro atoms. The van der Waals surface area contributed by atoms with Crippen LogP contribution in [0.25, 0.3) is 0 Å². The molecule has 1 N–H and O–H groups in total. The lowest BCUT2D eigenvalue weighted by atomic mass is 10.2. The van der Waals surface area contributed by atoms with Gasteiger partial charge in [-0.25, -0.2) is 4.79 Å². The van der Waals surface area contributed by atoms with E-state index in [9.17, 15) is 22.4 Å². The second kappa shape index (κ2) is 8.85. The fourth-order valence-electron chi connectivity index (χ4n) is 1.90. The Morgan fingerprint density at radius 1 is 1.15 bits per heavy atom. The summed E-state index contributed by atoms with van der Waals surface area (Å²) in [6.45, 7) is 0. The van der Waals surface area contributed by atoms with Crippen molar-refractivity contribution in [2.75, 3.05) is 12.4 Å². The molecule has 2 aromatic carbocycles. The monoisotopic (exact) mass is 448 g/mol. The number of benzene rings is 2. The van der Waals surface area contributed by atoms with Crippen molar-refractivity contribution in [1.82, 2.24) is 0 Å². The fraction of sp³-hybridized carbons (Fsp3) is 0.176. The van der Waals surface area contributed by atoms with E-state index in [1.54, 1.807) is 24.3 Å².